The van der Waals surface area contributed by atoms with Gasteiger partial charge in [0.2, 0.25) is 0 Å². The monoisotopic (exact) mass is 204 g/mol. The normalized spacial score (nSPS) is 17.8. The van der Waals surface area contributed by atoms with E-state index < -0.39 is 18.5 Å². The van der Waals surface area contributed by atoms with Crippen molar-refractivity contribution in [1.29, 1.82) is 0 Å². The van der Waals surface area contributed by atoms with Gasteiger partial charge in [-0.05, 0) is 20.3 Å². The van der Waals surface area contributed by atoms with Gasteiger partial charge < -0.3 is 19.7 Å². The molecule has 0 heterocycles. The molecule has 0 saturated carbocycles. The van der Waals surface area contributed by atoms with Gasteiger partial charge in [-0.1, -0.05) is 13.3 Å². The van der Waals surface area contributed by atoms with E-state index in [0.29, 0.717) is 6.42 Å². The van der Waals surface area contributed by atoms with E-state index in [9.17, 15) is 0 Å². The summed E-state index contributed by atoms with van der Waals surface area (Å²) >= 11 is 0. The number of ether oxygens (including phenoxy) is 2. The Morgan fingerprint density at radius 2 is 1.50 bits per heavy atom. The van der Waals surface area contributed by atoms with E-state index in [0.717, 1.165) is 6.42 Å². The second-order valence-corrected chi connectivity index (χ2v) is 3.24. The summed E-state index contributed by atoms with van der Waals surface area (Å²) in [5.74, 6) is 0. The average molecular weight is 204 g/mol. The lowest BCUT2D eigenvalue weighted by molar-refractivity contribution is -0.124. The summed E-state index contributed by atoms with van der Waals surface area (Å²) in [6, 6.07) is 0. The Kier molecular flexibility index (Phi) is 8.08. The SMILES string of the molecule is CCCC(O[CH]C(C)O)O[CH]C(C)O. The van der Waals surface area contributed by atoms with Gasteiger partial charge in [-0.25, -0.2) is 0 Å². The first kappa shape index (κ1) is 13.8. The Bertz CT molecular complexity index is 113. The number of hydrogen-bond donors (Lipinski definition) is 2. The molecule has 0 saturated heterocycles. The van der Waals surface area contributed by atoms with E-state index >= 15 is 0 Å². The second-order valence-electron chi connectivity index (χ2n) is 3.24. The number of aliphatic hydroxyl groups is 2. The largest absolute Gasteiger partial charge is 0.391 e. The molecular weight excluding hydrogens is 184 g/mol. The third kappa shape index (κ3) is 8.44. The topological polar surface area (TPSA) is 58.9 Å². The van der Waals surface area contributed by atoms with E-state index in [1.54, 1.807) is 13.8 Å². The standard InChI is InChI=1S/C10H20O4/c1-4-5-10(13-6-8(2)11)14-7-9(3)12/h6-12H,4-5H2,1-3H3. The molecule has 4 nitrogen and oxygen atoms in total. The predicted octanol–water partition coefficient (Wildman–Crippen LogP) is 1.23. The van der Waals surface area contributed by atoms with E-state index in [4.69, 9.17) is 19.7 Å². The van der Waals surface area contributed by atoms with Crippen LogP contribution in [0.25, 0.3) is 0 Å². The van der Waals surface area contributed by atoms with Crippen LogP contribution in [0.4, 0.5) is 0 Å². The lowest BCUT2D eigenvalue weighted by atomic mass is 10.3. The van der Waals surface area contributed by atoms with Crippen molar-refractivity contribution in [3.63, 3.8) is 0 Å². The maximum absolute atomic E-state index is 8.95. The highest BCUT2D eigenvalue weighted by Gasteiger charge is 2.11. The van der Waals surface area contributed by atoms with Crippen molar-refractivity contribution in [2.24, 2.45) is 0 Å². The van der Waals surface area contributed by atoms with Gasteiger partial charge in [0, 0.05) is 0 Å². The van der Waals surface area contributed by atoms with Crippen molar-refractivity contribution in [1.82, 2.24) is 0 Å². The Morgan fingerprint density at radius 3 is 1.79 bits per heavy atom. The zero-order valence-corrected chi connectivity index (χ0v) is 9.01. The van der Waals surface area contributed by atoms with Crippen LogP contribution in [-0.2, 0) is 9.47 Å². The number of aliphatic hydroxyl groups excluding tert-OH is 2. The lowest BCUT2D eigenvalue weighted by Gasteiger charge is -2.18. The summed E-state index contributed by atoms with van der Waals surface area (Å²) in [6.45, 7) is 7.83. The fourth-order valence-electron chi connectivity index (χ4n) is 0.807. The van der Waals surface area contributed by atoms with Crippen molar-refractivity contribution < 1.29 is 19.7 Å². The molecule has 14 heavy (non-hydrogen) atoms. The van der Waals surface area contributed by atoms with Crippen LogP contribution in [-0.4, -0.2) is 28.7 Å². The number of rotatable bonds is 8. The van der Waals surface area contributed by atoms with Crippen LogP contribution in [0.2, 0.25) is 0 Å². The Morgan fingerprint density at radius 1 is 1.07 bits per heavy atom. The molecule has 0 fully saturated rings. The van der Waals surface area contributed by atoms with E-state index in [1.165, 1.54) is 13.2 Å². The zero-order chi connectivity index (χ0) is 11.0. The van der Waals surface area contributed by atoms with Gasteiger partial charge in [0.25, 0.3) is 0 Å². The molecule has 0 aromatic heterocycles. The smallest absolute Gasteiger partial charge is 0.158 e. The van der Waals surface area contributed by atoms with Crippen molar-refractivity contribution in [3.8, 4) is 0 Å². The molecule has 0 aromatic rings. The molecule has 0 aliphatic heterocycles. The molecule has 2 atom stereocenters. The minimum atomic E-state index is -0.621. The molecule has 84 valence electrons. The van der Waals surface area contributed by atoms with Crippen LogP contribution in [0.3, 0.4) is 0 Å². The molecule has 0 bridgehead atoms. The molecule has 0 aromatic carbocycles. The maximum atomic E-state index is 8.95. The Balaban J connectivity index is 3.65. The quantitative estimate of drug-likeness (QED) is 0.584. The third-order valence-corrected chi connectivity index (χ3v) is 1.38. The molecule has 2 N–H and O–H groups in total. The summed E-state index contributed by atoms with van der Waals surface area (Å²) < 4.78 is 10.3. The Labute approximate surface area is 85.8 Å². The molecule has 0 amide bonds. The predicted molar refractivity (Wildman–Crippen MR) is 52.8 cm³/mol. The molecule has 0 aliphatic rings. The molecule has 2 radical (unpaired) electrons. The van der Waals surface area contributed by atoms with Crippen LogP contribution in [0.1, 0.15) is 33.6 Å². The van der Waals surface area contributed by atoms with Crippen LogP contribution in [0, 0.1) is 13.2 Å². The molecule has 2 unspecified atom stereocenters. The van der Waals surface area contributed by atoms with Gasteiger partial charge in [-0.15, -0.1) is 0 Å². The molecule has 4 heteroatoms. The van der Waals surface area contributed by atoms with Gasteiger partial charge in [0.1, 0.15) is 13.2 Å². The number of hydrogen-bond acceptors (Lipinski definition) is 4. The fourth-order valence-corrected chi connectivity index (χ4v) is 0.807. The lowest BCUT2D eigenvalue weighted by Crippen LogP contribution is -2.20. The van der Waals surface area contributed by atoms with E-state index in [1.807, 2.05) is 6.92 Å². The highest BCUT2D eigenvalue weighted by atomic mass is 16.7. The minimum absolute atomic E-state index is 0.427. The summed E-state index contributed by atoms with van der Waals surface area (Å²) in [6.07, 6.45) is -0.0449. The fraction of sp³-hybridized carbons (Fsp3) is 0.800. The van der Waals surface area contributed by atoms with Crippen LogP contribution < -0.4 is 0 Å². The zero-order valence-electron chi connectivity index (χ0n) is 9.01. The van der Waals surface area contributed by atoms with Gasteiger partial charge >= 0.3 is 0 Å². The average Bonchev–Trinajstić information content (AvgIpc) is 2.09. The van der Waals surface area contributed by atoms with Crippen molar-refractivity contribution in [3.05, 3.63) is 13.2 Å². The van der Waals surface area contributed by atoms with Crippen LogP contribution >= 0.6 is 0 Å². The van der Waals surface area contributed by atoms with Crippen LogP contribution in [0.15, 0.2) is 0 Å². The van der Waals surface area contributed by atoms with E-state index in [-0.39, 0.29) is 0 Å². The van der Waals surface area contributed by atoms with Crippen molar-refractivity contribution in [2.75, 3.05) is 0 Å². The molecular formula is C10H20O4. The van der Waals surface area contributed by atoms with Gasteiger partial charge in [0.05, 0.1) is 12.2 Å². The highest BCUT2D eigenvalue weighted by Crippen LogP contribution is 2.09. The summed E-state index contributed by atoms with van der Waals surface area (Å²) in [5.41, 5.74) is 0. The van der Waals surface area contributed by atoms with Crippen molar-refractivity contribution in [2.45, 2.75) is 52.1 Å². The van der Waals surface area contributed by atoms with Gasteiger partial charge in [-0.2, -0.15) is 0 Å². The Hall–Kier alpha value is -0.160. The van der Waals surface area contributed by atoms with E-state index in [2.05, 4.69) is 0 Å². The van der Waals surface area contributed by atoms with Crippen LogP contribution in [0.5, 0.6) is 0 Å². The first-order valence-electron chi connectivity index (χ1n) is 4.90. The molecule has 0 spiro atoms. The molecule has 0 rings (SSSR count). The second kappa shape index (κ2) is 8.17. The third-order valence-electron chi connectivity index (χ3n) is 1.38. The molecule has 0 aliphatic carbocycles. The highest BCUT2D eigenvalue weighted by molar-refractivity contribution is 4.63. The summed E-state index contributed by atoms with van der Waals surface area (Å²) in [5, 5.41) is 17.9. The van der Waals surface area contributed by atoms with Gasteiger partial charge in [0.15, 0.2) is 6.29 Å². The first-order chi connectivity index (χ1) is 6.56. The minimum Gasteiger partial charge on any atom is -0.391 e. The summed E-state index contributed by atoms with van der Waals surface area (Å²) in [4.78, 5) is 0. The maximum Gasteiger partial charge on any atom is 0.158 e. The van der Waals surface area contributed by atoms with Crippen molar-refractivity contribution >= 4 is 0 Å². The first-order valence-corrected chi connectivity index (χ1v) is 4.90. The summed E-state index contributed by atoms with van der Waals surface area (Å²) in [7, 11) is 0. The van der Waals surface area contributed by atoms with Gasteiger partial charge in [-0.3, -0.25) is 0 Å².